The predicted octanol–water partition coefficient (Wildman–Crippen LogP) is 8.37. The van der Waals surface area contributed by atoms with E-state index in [-0.39, 0.29) is 5.91 Å². The number of fused-ring (bicyclic) bond motifs is 1. The lowest BCUT2D eigenvalue weighted by molar-refractivity contribution is 0.0947. The van der Waals surface area contributed by atoms with Crippen LogP contribution in [0.1, 0.15) is 127 Å². The number of hydrogen-bond acceptors (Lipinski definition) is 4. The van der Waals surface area contributed by atoms with E-state index >= 15 is 0 Å². The molecule has 0 aliphatic carbocycles. The van der Waals surface area contributed by atoms with Crippen LogP contribution in [-0.4, -0.2) is 36.8 Å². The molecule has 0 aliphatic rings. The number of carbonyl (C=O) groups excluding carboxylic acids is 1. The molecule has 38 heavy (non-hydrogen) atoms. The van der Waals surface area contributed by atoms with Crippen molar-refractivity contribution in [1.82, 2.24) is 29.7 Å². The van der Waals surface area contributed by atoms with E-state index in [2.05, 4.69) is 43.4 Å². The summed E-state index contributed by atoms with van der Waals surface area (Å²) < 4.78 is 4.44. The third-order valence-electron chi connectivity index (χ3n) is 7.19. The average molecular weight is 588 g/mol. The first-order valence-corrected chi connectivity index (χ1v) is 15.8. The van der Waals surface area contributed by atoms with Crippen LogP contribution in [0.4, 0.5) is 0 Å². The number of nitrogens with one attached hydrogen (secondary N) is 1. The Morgan fingerprint density at radius 2 is 1.42 bits per heavy atom. The number of nitrogens with zero attached hydrogens (tertiary/aromatic N) is 5. The molecule has 0 aromatic carbocycles. The normalized spacial score (nSPS) is 11.4. The van der Waals surface area contributed by atoms with Gasteiger partial charge in [0, 0.05) is 31.5 Å². The van der Waals surface area contributed by atoms with E-state index in [4.69, 9.17) is 0 Å². The first kappa shape index (κ1) is 30.3. The van der Waals surface area contributed by atoms with Crippen molar-refractivity contribution in [3.63, 3.8) is 0 Å². The smallest absolute Gasteiger partial charge is 0.271 e. The Kier molecular flexibility index (Phi) is 13.9. The molecular weight excluding hydrogens is 540 g/mol. The lowest BCUT2D eigenvalue weighted by Crippen LogP contribution is -2.24. The van der Waals surface area contributed by atoms with Gasteiger partial charge in [-0.3, -0.25) is 9.48 Å². The van der Waals surface area contributed by atoms with E-state index < -0.39 is 0 Å². The summed E-state index contributed by atoms with van der Waals surface area (Å²) in [4.78, 5) is 17.1. The fraction of sp³-hybridized carbons (Fsp3) is 0.667. The molecule has 3 aromatic rings. The molecule has 7 nitrogen and oxygen atoms in total. The maximum atomic E-state index is 12.7. The van der Waals surface area contributed by atoms with Crippen molar-refractivity contribution < 1.29 is 4.79 Å². The van der Waals surface area contributed by atoms with Gasteiger partial charge in [-0.1, -0.05) is 103 Å². The van der Waals surface area contributed by atoms with E-state index in [9.17, 15) is 4.79 Å². The van der Waals surface area contributed by atoms with Gasteiger partial charge in [0.2, 0.25) is 0 Å². The zero-order valence-corrected chi connectivity index (χ0v) is 25.1. The van der Waals surface area contributed by atoms with Crippen molar-refractivity contribution in [3.8, 4) is 11.4 Å². The maximum Gasteiger partial charge on any atom is 0.271 e. The summed E-state index contributed by atoms with van der Waals surface area (Å²) in [7, 11) is 0. The Hall–Kier alpha value is -2.22. The minimum Gasteiger partial charge on any atom is -0.351 e. The molecule has 0 bridgehead atoms. The predicted molar refractivity (Wildman–Crippen MR) is 159 cm³/mol. The van der Waals surface area contributed by atoms with Gasteiger partial charge in [-0.05, 0) is 35.3 Å². The Bertz CT molecular complexity index is 1090. The molecule has 8 heteroatoms. The second kappa shape index (κ2) is 17.4. The highest BCUT2D eigenvalue weighted by atomic mass is 79.9. The van der Waals surface area contributed by atoms with Crippen molar-refractivity contribution in [2.24, 2.45) is 0 Å². The number of rotatable bonds is 20. The molecule has 0 spiro atoms. The van der Waals surface area contributed by atoms with Gasteiger partial charge in [0.15, 0.2) is 11.3 Å². The third-order valence-corrected chi connectivity index (χ3v) is 7.77. The molecular formula is C30H47BrN6O. The van der Waals surface area contributed by atoms with Gasteiger partial charge < -0.3 is 5.32 Å². The SMILES string of the molecule is CCCCCCCCCCCCCCCCCCNC(=O)c1cc2nccc(-c3nn(CC)cc3Br)n2n1. The molecule has 3 rings (SSSR count). The number of halogens is 1. The summed E-state index contributed by atoms with van der Waals surface area (Å²) in [5.74, 6) is -0.152. The second-order valence-corrected chi connectivity index (χ2v) is 11.2. The number of hydrogen-bond donors (Lipinski definition) is 1. The van der Waals surface area contributed by atoms with Crippen LogP contribution >= 0.6 is 15.9 Å². The Balaban J connectivity index is 1.25. The van der Waals surface area contributed by atoms with Crippen molar-refractivity contribution in [1.29, 1.82) is 0 Å². The molecule has 0 fully saturated rings. The average Bonchev–Trinajstić information content (AvgIpc) is 3.53. The number of amides is 1. The van der Waals surface area contributed by atoms with Gasteiger partial charge in [0.1, 0.15) is 5.69 Å². The summed E-state index contributed by atoms with van der Waals surface area (Å²) in [6.07, 6.45) is 25.2. The second-order valence-electron chi connectivity index (χ2n) is 10.4. The molecule has 0 radical (unpaired) electrons. The summed E-state index contributed by atoms with van der Waals surface area (Å²) in [5.41, 5.74) is 2.59. The molecule has 0 atom stereocenters. The first-order chi connectivity index (χ1) is 18.6. The fourth-order valence-corrected chi connectivity index (χ4v) is 5.40. The Labute approximate surface area is 237 Å². The van der Waals surface area contributed by atoms with Gasteiger partial charge in [0.25, 0.3) is 5.91 Å². The van der Waals surface area contributed by atoms with Crippen molar-refractivity contribution in [2.75, 3.05) is 6.54 Å². The Morgan fingerprint density at radius 3 is 1.97 bits per heavy atom. The van der Waals surface area contributed by atoms with Crippen LogP contribution in [0.5, 0.6) is 0 Å². The quantitative estimate of drug-likeness (QED) is 0.135. The van der Waals surface area contributed by atoms with E-state index in [0.717, 1.165) is 35.2 Å². The van der Waals surface area contributed by atoms with Crippen LogP contribution < -0.4 is 5.32 Å². The van der Waals surface area contributed by atoms with Crippen LogP contribution in [0, 0.1) is 0 Å². The lowest BCUT2D eigenvalue weighted by Gasteiger charge is -2.04. The standard InChI is InChI=1S/C30H47BrN6O/c1-3-5-6-7-8-9-10-11-12-13-14-15-16-17-18-19-21-33-30(38)26-23-28-32-22-20-27(37(28)34-26)29-25(31)24-36(4-2)35-29/h20,22-24H,3-19,21H2,1-2H3,(H,33,38). The summed E-state index contributed by atoms with van der Waals surface area (Å²) in [6, 6.07) is 3.60. The van der Waals surface area contributed by atoms with Gasteiger partial charge in [-0.25, -0.2) is 9.50 Å². The number of carbonyl (C=O) groups is 1. The molecule has 0 unspecified atom stereocenters. The van der Waals surface area contributed by atoms with Gasteiger partial charge in [-0.2, -0.15) is 10.2 Å². The summed E-state index contributed by atoms with van der Waals surface area (Å²) in [5, 5.41) is 12.2. The highest BCUT2D eigenvalue weighted by Crippen LogP contribution is 2.27. The molecule has 0 saturated carbocycles. The van der Waals surface area contributed by atoms with Gasteiger partial charge >= 0.3 is 0 Å². The van der Waals surface area contributed by atoms with Gasteiger partial charge in [0.05, 0.1) is 10.2 Å². The largest absolute Gasteiger partial charge is 0.351 e. The van der Waals surface area contributed by atoms with Crippen molar-refractivity contribution >= 4 is 27.5 Å². The number of unbranched alkanes of at least 4 members (excludes halogenated alkanes) is 15. The van der Waals surface area contributed by atoms with Crippen molar-refractivity contribution in [3.05, 3.63) is 34.7 Å². The molecule has 1 amide bonds. The van der Waals surface area contributed by atoms with E-state index in [1.165, 1.54) is 89.9 Å². The van der Waals surface area contributed by atoms with E-state index in [0.29, 0.717) is 17.9 Å². The Morgan fingerprint density at radius 1 is 0.842 bits per heavy atom. The van der Waals surface area contributed by atoms with Gasteiger partial charge in [-0.15, -0.1) is 0 Å². The molecule has 0 saturated heterocycles. The lowest BCUT2D eigenvalue weighted by atomic mass is 10.0. The number of aryl methyl sites for hydroxylation is 1. The molecule has 1 N–H and O–H groups in total. The van der Waals surface area contributed by atoms with Crippen LogP contribution in [0.25, 0.3) is 17.0 Å². The van der Waals surface area contributed by atoms with Crippen molar-refractivity contribution in [2.45, 2.75) is 123 Å². The third kappa shape index (κ3) is 9.83. The zero-order valence-electron chi connectivity index (χ0n) is 23.6. The molecule has 210 valence electrons. The monoisotopic (exact) mass is 586 g/mol. The van der Waals surface area contributed by atoms with E-state index in [1.54, 1.807) is 16.8 Å². The number of aromatic nitrogens is 5. The zero-order chi connectivity index (χ0) is 27.0. The summed E-state index contributed by atoms with van der Waals surface area (Å²) >= 11 is 3.58. The molecule has 3 aromatic heterocycles. The summed E-state index contributed by atoms with van der Waals surface area (Å²) in [6.45, 7) is 5.78. The molecule has 3 heterocycles. The minimum atomic E-state index is -0.152. The maximum absolute atomic E-state index is 12.7. The molecule has 0 aliphatic heterocycles. The highest BCUT2D eigenvalue weighted by molar-refractivity contribution is 9.10. The highest BCUT2D eigenvalue weighted by Gasteiger charge is 2.17. The van der Waals surface area contributed by atoms with Crippen LogP contribution in [0.2, 0.25) is 0 Å². The van der Waals surface area contributed by atoms with Crippen LogP contribution in [-0.2, 0) is 6.54 Å². The minimum absolute atomic E-state index is 0.152. The topological polar surface area (TPSA) is 77.1 Å². The fourth-order valence-electron chi connectivity index (χ4n) is 4.88. The first-order valence-electron chi connectivity index (χ1n) is 15.0. The van der Waals surface area contributed by atoms with Crippen LogP contribution in [0.3, 0.4) is 0 Å². The van der Waals surface area contributed by atoms with E-state index in [1.807, 2.05) is 23.9 Å². The van der Waals surface area contributed by atoms with Crippen LogP contribution in [0.15, 0.2) is 29.0 Å².